The van der Waals surface area contributed by atoms with Gasteiger partial charge in [-0.05, 0) is 70.6 Å². The summed E-state index contributed by atoms with van der Waals surface area (Å²) in [5.74, 6) is -0.622. The predicted octanol–water partition coefficient (Wildman–Crippen LogP) is 4.39. The Morgan fingerprint density at radius 3 is 2.38 bits per heavy atom. The summed E-state index contributed by atoms with van der Waals surface area (Å²) in [6, 6.07) is 13.2. The topological polar surface area (TPSA) is 60.4 Å². The molecule has 0 bridgehead atoms. The number of hydrogen-bond donors (Lipinski definition) is 0. The normalized spacial score (nSPS) is 11.6. The van der Waals surface area contributed by atoms with E-state index in [1.807, 2.05) is 13.0 Å². The van der Waals surface area contributed by atoms with Gasteiger partial charge in [0.2, 0.25) is 0 Å². The third-order valence-corrected chi connectivity index (χ3v) is 6.96. The van der Waals surface area contributed by atoms with Crippen molar-refractivity contribution in [2.24, 2.45) is 0 Å². The molecular formula is C23H23FO4S. The van der Waals surface area contributed by atoms with Crippen molar-refractivity contribution in [2.45, 2.75) is 31.6 Å². The zero-order valence-electron chi connectivity index (χ0n) is 16.7. The number of methoxy groups -OCH3 is 1. The van der Waals surface area contributed by atoms with Crippen LogP contribution in [-0.4, -0.2) is 27.2 Å². The molecule has 0 atom stereocenters. The smallest absolute Gasteiger partial charge is 0.309 e. The lowest BCUT2D eigenvalue weighted by Gasteiger charge is -2.16. The van der Waals surface area contributed by atoms with E-state index in [-0.39, 0.29) is 28.9 Å². The number of rotatable bonds is 6. The maximum absolute atomic E-state index is 13.9. The third kappa shape index (κ3) is 4.48. The molecule has 0 radical (unpaired) electrons. The lowest BCUT2D eigenvalue weighted by atomic mass is 9.90. The van der Waals surface area contributed by atoms with Crippen LogP contribution in [0.2, 0.25) is 0 Å². The van der Waals surface area contributed by atoms with E-state index < -0.39 is 9.84 Å². The molecule has 3 aromatic carbocycles. The Kier molecular flexibility index (Phi) is 6.03. The Morgan fingerprint density at radius 1 is 1.07 bits per heavy atom. The van der Waals surface area contributed by atoms with Gasteiger partial charge in [-0.15, -0.1) is 0 Å². The van der Waals surface area contributed by atoms with Crippen molar-refractivity contribution in [3.8, 4) is 0 Å². The summed E-state index contributed by atoms with van der Waals surface area (Å²) in [4.78, 5) is 12.1. The van der Waals surface area contributed by atoms with Crippen LogP contribution in [0, 0.1) is 12.7 Å². The Balaban J connectivity index is 2.08. The lowest BCUT2D eigenvalue weighted by molar-refractivity contribution is -0.139. The van der Waals surface area contributed by atoms with Gasteiger partial charge in [0.15, 0.2) is 9.84 Å². The average Bonchev–Trinajstić information content (AvgIpc) is 2.71. The number of hydrogen-bond acceptors (Lipinski definition) is 4. The largest absolute Gasteiger partial charge is 0.469 e. The summed E-state index contributed by atoms with van der Waals surface area (Å²) in [7, 11) is -1.91. The van der Waals surface area contributed by atoms with E-state index in [4.69, 9.17) is 4.74 Å². The van der Waals surface area contributed by atoms with Crippen LogP contribution in [-0.2, 0) is 32.2 Å². The van der Waals surface area contributed by atoms with Crippen LogP contribution in [0.15, 0.2) is 53.4 Å². The lowest BCUT2D eigenvalue weighted by Crippen LogP contribution is -2.08. The SMILES string of the molecule is CCS(=O)(=O)c1ccc(Cc2c(C)c(CC(=O)OC)cc3ccc(F)cc23)cc1. The second-order valence-corrected chi connectivity index (χ2v) is 9.26. The molecule has 3 rings (SSSR count). The van der Waals surface area contributed by atoms with Gasteiger partial charge in [0.1, 0.15) is 5.82 Å². The highest BCUT2D eigenvalue weighted by atomic mass is 32.2. The van der Waals surface area contributed by atoms with Crippen molar-refractivity contribution >= 4 is 26.6 Å². The van der Waals surface area contributed by atoms with Crippen LogP contribution in [0.5, 0.6) is 0 Å². The molecule has 152 valence electrons. The summed E-state index contributed by atoms with van der Waals surface area (Å²) >= 11 is 0. The highest BCUT2D eigenvalue weighted by Crippen LogP contribution is 2.29. The second-order valence-electron chi connectivity index (χ2n) is 6.98. The first-order valence-electron chi connectivity index (χ1n) is 9.34. The number of sulfone groups is 1. The van der Waals surface area contributed by atoms with Crippen LogP contribution in [0.25, 0.3) is 10.8 Å². The number of fused-ring (bicyclic) bond motifs is 1. The number of carbonyl (C=O) groups is 1. The van der Waals surface area contributed by atoms with Crippen molar-refractivity contribution < 1.29 is 22.3 Å². The summed E-state index contributed by atoms with van der Waals surface area (Å²) in [6.45, 7) is 3.52. The van der Waals surface area contributed by atoms with Crippen LogP contribution in [0.4, 0.5) is 4.39 Å². The Hall–Kier alpha value is -2.73. The van der Waals surface area contributed by atoms with Crippen LogP contribution >= 0.6 is 0 Å². The maximum atomic E-state index is 13.9. The number of esters is 1. The van der Waals surface area contributed by atoms with E-state index in [0.717, 1.165) is 33.0 Å². The average molecular weight is 414 g/mol. The van der Waals surface area contributed by atoms with Gasteiger partial charge in [-0.1, -0.05) is 31.2 Å². The summed E-state index contributed by atoms with van der Waals surface area (Å²) in [5.41, 5.74) is 3.55. The van der Waals surface area contributed by atoms with Gasteiger partial charge in [0.05, 0.1) is 24.2 Å². The fourth-order valence-electron chi connectivity index (χ4n) is 3.43. The van der Waals surface area contributed by atoms with Crippen molar-refractivity contribution in [3.63, 3.8) is 0 Å². The molecule has 6 heteroatoms. The molecule has 3 aromatic rings. The maximum Gasteiger partial charge on any atom is 0.309 e. The first-order chi connectivity index (χ1) is 13.7. The van der Waals surface area contributed by atoms with E-state index in [0.29, 0.717) is 6.42 Å². The quantitative estimate of drug-likeness (QED) is 0.562. The molecule has 0 aliphatic rings. The predicted molar refractivity (Wildman–Crippen MR) is 111 cm³/mol. The van der Waals surface area contributed by atoms with Crippen LogP contribution in [0.1, 0.15) is 29.2 Å². The number of benzene rings is 3. The fraction of sp³-hybridized carbons (Fsp3) is 0.261. The monoisotopic (exact) mass is 414 g/mol. The van der Waals surface area contributed by atoms with Crippen LogP contribution < -0.4 is 0 Å². The Bertz CT molecular complexity index is 1170. The van der Waals surface area contributed by atoms with Gasteiger partial charge >= 0.3 is 5.97 Å². The molecule has 0 heterocycles. The highest BCUT2D eigenvalue weighted by molar-refractivity contribution is 7.91. The molecule has 0 N–H and O–H groups in total. The van der Waals surface area contributed by atoms with E-state index in [1.54, 1.807) is 37.3 Å². The zero-order chi connectivity index (χ0) is 21.2. The molecule has 0 amide bonds. The summed E-state index contributed by atoms with van der Waals surface area (Å²) in [5, 5.41) is 1.62. The highest BCUT2D eigenvalue weighted by Gasteiger charge is 2.15. The molecule has 0 saturated carbocycles. The van der Waals surface area contributed by atoms with Gasteiger partial charge in [0, 0.05) is 0 Å². The molecule has 0 unspecified atom stereocenters. The minimum atomic E-state index is -3.26. The first-order valence-corrected chi connectivity index (χ1v) is 11.0. The molecule has 0 spiro atoms. The molecule has 0 aliphatic carbocycles. The van der Waals surface area contributed by atoms with Crippen molar-refractivity contribution in [2.75, 3.05) is 12.9 Å². The fourth-order valence-corrected chi connectivity index (χ4v) is 4.32. The van der Waals surface area contributed by atoms with Gasteiger partial charge < -0.3 is 4.74 Å². The first kappa shape index (κ1) is 21.0. The second kappa shape index (κ2) is 8.33. The molecule has 0 fully saturated rings. The molecular weight excluding hydrogens is 391 g/mol. The van der Waals surface area contributed by atoms with Crippen LogP contribution in [0.3, 0.4) is 0 Å². The van der Waals surface area contributed by atoms with E-state index >= 15 is 0 Å². The van der Waals surface area contributed by atoms with Gasteiger partial charge in [-0.25, -0.2) is 12.8 Å². The van der Waals surface area contributed by atoms with Gasteiger partial charge in [-0.2, -0.15) is 0 Å². The number of halogens is 1. The van der Waals surface area contributed by atoms with E-state index in [9.17, 15) is 17.6 Å². The molecule has 0 saturated heterocycles. The molecule has 29 heavy (non-hydrogen) atoms. The van der Waals surface area contributed by atoms with E-state index in [2.05, 4.69) is 0 Å². The van der Waals surface area contributed by atoms with E-state index in [1.165, 1.54) is 19.2 Å². The number of carbonyl (C=O) groups excluding carboxylic acids is 1. The molecule has 4 nitrogen and oxygen atoms in total. The minimum Gasteiger partial charge on any atom is -0.469 e. The summed E-state index contributed by atoms with van der Waals surface area (Å²) in [6.07, 6.45) is 0.629. The van der Waals surface area contributed by atoms with Gasteiger partial charge in [0.25, 0.3) is 0 Å². The minimum absolute atomic E-state index is 0.0466. The standard InChI is InChI=1S/C23H23FO4S/c1-4-29(26,27)20-9-5-16(6-10-20)11-21-15(2)18(13-23(25)28-3)12-17-7-8-19(24)14-22(17)21/h5-10,12,14H,4,11,13H2,1-3H3. The Labute approximate surface area is 170 Å². The molecule has 0 aliphatic heterocycles. The van der Waals surface area contributed by atoms with Crippen molar-refractivity contribution in [3.05, 3.63) is 76.6 Å². The zero-order valence-corrected chi connectivity index (χ0v) is 17.5. The van der Waals surface area contributed by atoms with Crippen molar-refractivity contribution in [1.82, 2.24) is 0 Å². The van der Waals surface area contributed by atoms with Gasteiger partial charge in [-0.3, -0.25) is 4.79 Å². The summed E-state index contributed by atoms with van der Waals surface area (Å²) < 4.78 is 42.8. The number of ether oxygens (including phenoxy) is 1. The third-order valence-electron chi connectivity index (χ3n) is 5.21. The Morgan fingerprint density at radius 2 is 1.76 bits per heavy atom. The molecule has 0 aromatic heterocycles. The van der Waals surface area contributed by atoms with Crippen molar-refractivity contribution in [1.29, 1.82) is 0 Å².